The van der Waals surface area contributed by atoms with E-state index in [-0.39, 0.29) is 17.9 Å². The number of non-ortho nitro benzene ring substituents is 1. The van der Waals surface area contributed by atoms with E-state index < -0.39 is 10.5 Å². The Morgan fingerprint density at radius 2 is 2.22 bits per heavy atom. The van der Waals surface area contributed by atoms with Crippen LogP contribution in [-0.2, 0) is 4.74 Å². The predicted molar refractivity (Wildman–Crippen MR) is 60.8 cm³/mol. The Hall–Kier alpha value is -1.95. The van der Waals surface area contributed by atoms with Crippen LogP contribution in [0.25, 0.3) is 0 Å². The monoisotopic (exact) mass is 249 g/mol. The molecule has 1 aromatic carbocycles. The molecule has 0 bridgehead atoms. The van der Waals surface area contributed by atoms with Gasteiger partial charge in [-0.1, -0.05) is 0 Å². The number of Topliss-reactive ketones (excluding diaryl/α,β-unsaturated/α-hetero) is 1. The molecule has 1 spiro atoms. The van der Waals surface area contributed by atoms with E-state index in [1.807, 2.05) is 0 Å². The summed E-state index contributed by atoms with van der Waals surface area (Å²) in [6.45, 7) is 0.977. The molecule has 6 heteroatoms. The first kappa shape index (κ1) is 11.2. The molecule has 2 aliphatic heterocycles. The zero-order valence-electron chi connectivity index (χ0n) is 9.55. The maximum absolute atomic E-state index is 12.1. The lowest BCUT2D eigenvalue weighted by atomic mass is 9.89. The zero-order chi connectivity index (χ0) is 12.8. The highest BCUT2D eigenvalue weighted by Crippen LogP contribution is 2.39. The third kappa shape index (κ3) is 1.65. The lowest BCUT2D eigenvalue weighted by Crippen LogP contribution is -2.42. The fourth-order valence-electron chi connectivity index (χ4n) is 2.40. The number of hydrogen-bond donors (Lipinski definition) is 0. The van der Waals surface area contributed by atoms with Gasteiger partial charge in [0, 0.05) is 18.6 Å². The summed E-state index contributed by atoms with van der Waals surface area (Å²) >= 11 is 0. The van der Waals surface area contributed by atoms with Crippen molar-refractivity contribution < 1.29 is 19.2 Å². The minimum absolute atomic E-state index is 0.0932. The van der Waals surface area contributed by atoms with E-state index in [0.29, 0.717) is 30.9 Å². The molecule has 1 aromatic rings. The molecule has 0 N–H and O–H groups in total. The van der Waals surface area contributed by atoms with E-state index in [4.69, 9.17) is 9.47 Å². The summed E-state index contributed by atoms with van der Waals surface area (Å²) in [5.74, 6) is 0.299. The van der Waals surface area contributed by atoms with E-state index >= 15 is 0 Å². The first-order valence-corrected chi connectivity index (χ1v) is 5.68. The molecule has 0 unspecified atom stereocenters. The van der Waals surface area contributed by atoms with Gasteiger partial charge in [0.05, 0.1) is 30.1 Å². The van der Waals surface area contributed by atoms with Gasteiger partial charge in [-0.2, -0.15) is 0 Å². The number of carbonyl (C=O) groups excluding carboxylic acids is 1. The van der Waals surface area contributed by atoms with Crippen molar-refractivity contribution >= 4 is 11.5 Å². The summed E-state index contributed by atoms with van der Waals surface area (Å²) < 4.78 is 11.1. The van der Waals surface area contributed by atoms with Gasteiger partial charge in [-0.05, 0) is 6.07 Å². The van der Waals surface area contributed by atoms with Crippen LogP contribution in [0.15, 0.2) is 18.2 Å². The second-order valence-electron chi connectivity index (χ2n) is 4.63. The smallest absolute Gasteiger partial charge is 0.270 e. The average molecular weight is 249 g/mol. The van der Waals surface area contributed by atoms with Gasteiger partial charge < -0.3 is 9.47 Å². The summed E-state index contributed by atoms with van der Waals surface area (Å²) in [5.41, 5.74) is -0.369. The van der Waals surface area contributed by atoms with Gasteiger partial charge in [0.1, 0.15) is 11.4 Å². The van der Waals surface area contributed by atoms with E-state index in [1.165, 1.54) is 18.2 Å². The Balaban J connectivity index is 2.01. The first-order valence-electron chi connectivity index (χ1n) is 5.68. The van der Waals surface area contributed by atoms with Gasteiger partial charge in [-0.3, -0.25) is 14.9 Å². The Morgan fingerprint density at radius 3 is 2.89 bits per heavy atom. The fourth-order valence-corrected chi connectivity index (χ4v) is 2.40. The second-order valence-corrected chi connectivity index (χ2v) is 4.63. The van der Waals surface area contributed by atoms with E-state index in [2.05, 4.69) is 0 Å². The molecule has 18 heavy (non-hydrogen) atoms. The number of nitro groups is 1. The first-order chi connectivity index (χ1) is 8.60. The Labute approximate surface area is 103 Å². The topological polar surface area (TPSA) is 78.7 Å². The molecule has 3 rings (SSSR count). The number of rotatable bonds is 1. The zero-order valence-corrected chi connectivity index (χ0v) is 9.55. The number of nitrogens with zero attached hydrogens (tertiary/aromatic N) is 1. The number of nitro benzene ring substituents is 1. The molecule has 2 heterocycles. The maximum Gasteiger partial charge on any atom is 0.270 e. The third-order valence-corrected chi connectivity index (χ3v) is 3.35. The lowest BCUT2D eigenvalue weighted by Gasteiger charge is -2.33. The van der Waals surface area contributed by atoms with Crippen LogP contribution in [0.5, 0.6) is 5.75 Å². The van der Waals surface area contributed by atoms with Crippen LogP contribution in [0, 0.1) is 10.1 Å². The fraction of sp³-hybridized carbons (Fsp3) is 0.417. The van der Waals surface area contributed by atoms with Crippen LogP contribution in [-0.4, -0.2) is 29.5 Å². The van der Waals surface area contributed by atoms with Crippen LogP contribution >= 0.6 is 0 Å². The molecule has 0 aromatic heterocycles. The van der Waals surface area contributed by atoms with E-state index in [0.717, 1.165) is 0 Å². The van der Waals surface area contributed by atoms with Crippen molar-refractivity contribution in [3.05, 3.63) is 33.9 Å². The molecule has 0 aliphatic carbocycles. The Kier molecular flexibility index (Phi) is 2.34. The summed E-state index contributed by atoms with van der Waals surface area (Å²) in [6, 6.07) is 4.12. The molecule has 0 radical (unpaired) electrons. The number of hydrogen-bond acceptors (Lipinski definition) is 5. The summed E-state index contributed by atoms with van der Waals surface area (Å²) in [6.07, 6.45) is 0.899. The maximum atomic E-state index is 12.1. The van der Waals surface area contributed by atoms with Crippen LogP contribution < -0.4 is 4.74 Å². The van der Waals surface area contributed by atoms with E-state index in [9.17, 15) is 14.9 Å². The van der Waals surface area contributed by atoms with Crippen molar-refractivity contribution in [2.75, 3.05) is 13.2 Å². The highest BCUT2D eigenvalue weighted by atomic mass is 16.6. The lowest BCUT2D eigenvalue weighted by molar-refractivity contribution is -0.384. The number of benzene rings is 1. The van der Waals surface area contributed by atoms with Crippen LogP contribution in [0.2, 0.25) is 0 Å². The van der Waals surface area contributed by atoms with Gasteiger partial charge in [0.25, 0.3) is 5.69 Å². The SMILES string of the molecule is O=C1C[C@]2(CCOC2)Oc2ccc([N+](=O)[O-])cc21. The minimum atomic E-state index is -0.569. The van der Waals surface area contributed by atoms with Crippen molar-refractivity contribution in [2.24, 2.45) is 0 Å². The normalized spacial score (nSPS) is 25.9. The summed E-state index contributed by atoms with van der Waals surface area (Å²) in [7, 11) is 0. The largest absolute Gasteiger partial charge is 0.484 e. The molecule has 0 saturated carbocycles. The highest BCUT2D eigenvalue weighted by Gasteiger charge is 2.44. The molecule has 94 valence electrons. The minimum Gasteiger partial charge on any atom is -0.484 e. The molecule has 6 nitrogen and oxygen atoms in total. The molecule has 2 aliphatic rings. The van der Waals surface area contributed by atoms with Crippen LogP contribution in [0.4, 0.5) is 5.69 Å². The van der Waals surface area contributed by atoms with Crippen molar-refractivity contribution in [2.45, 2.75) is 18.4 Å². The number of fused-ring (bicyclic) bond motifs is 1. The van der Waals surface area contributed by atoms with Gasteiger partial charge in [-0.15, -0.1) is 0 Å². The molecular formula is C12H11NO5. The standard InChI is InChI=1S/C12H11NO5/c14-10-6-12(3-4-17-7-12)18-11-2-1-8(13(15)16)5-9(10)11/h1-2,5H,3-4,6-7H2/t12-/m0/s1. The van der Waals surface area contributed by atoms with Crippen LogP contribution in [0.1, 0.15) is 23.2 Å². The van der Waals surface area contributed by atoms with Gasteiger partial charge in [-0.25, -0.2) is 0 Å². The van der Waals surface area contributed by atoms with E-state index in [1.54, 1.807) is 0 Å². The number of ether oxygens (including phenoxy) is 2. The highest BCUT2D eigenvalue weighted by molar-refractivity contribution is 6.01. The Bertz CT molecular complexity index is 533. The van der Waals surface area contributed by atoms with Gasteiger partial charge in [0.2, 0.25) is 0 Å². The molecule has 0 amide bonds. The molecular weight excluding hydrogens is 238 g/mol. The van der Waals surface area contributed by atoms with Crippen molar-refractivity contribution in [3.63, 3.8) is 0 Å². The molecule has 1 fully saturated rings. The number of ketones is 1. The van der Waals surface area contributed by atoms with Crippen molar-refractivity contribution in [1.29, 1.82) is 0 Å². The quantitative estimate of drug-likeness (QED) is 0.559. The molecule has 1 saturated heterocycles. The van der Waals surface area contributed by atoms with Gasteiger partial charge >= 0.3 is 0 Å². The van der Waals surface area contributed by atoms with Crippen molar-refractivity contribution in [1.82, 2.24) is 0 Å². The Morgan fingerprint density at radius 1 is 1.39 bits per heavy atom. The third-order valence-electron chi connectivity index (χ3n) is 3.35. The molecule has 1 atom stereocenters. The second kappa shape index (κ2) is 3.78. The van der Waals surface area contributed by atoms with Crippen LogP contribution in [0.3, 0.4) is 0 Å². The predicted octanol–water partition coefficient (Wildman–Crippen LogP) is 1.72. The van der Waals surface area contributed by atoms with Gasteiger partial charge in [0.15, 0.2) is 5.78 Å². The average Bonchev–Trinajstić information content (AvgIpc) is 2.76. The summed E-state index contributed by atoms with van der Waals surface area (Å²) in [4.78, 5) is 22.2. The van der Waals surface area contributed by atoms with Crippen molar-refractivity contribution in [3.8, 4) is 5.75 Å². The summed E-state index contributed by atoms with van der Waals surface area (Å²) in [5, 5.41) is 10.7. The number of carbonyl (C=O) groups is 1.